The highest BCUT2D eigenvalue weighted by Crippen LogP contribution is 2.29. The maximum absolute atomic E-state index is 8.98. The van der Waals surface area contributed by atoms with Crippen molar-refractivity contribution in [2.24, 2.45) is 0 Å². The first-order valence-corrected chi connectivity index (χ1v) is 6.33. The number of anilines is 2. The molecular weight excluding hydrogens is 272 g/mol. The summed E-state index contributed by atoms with van der Waals surface area (Å²) in [4.78, 5) is 8.47. The molecule has 20 heavy (non-hydrogen) atoms. The quantitative estimate of drug-likeness (QED) is 0.773. The standard InChI is InChI=1S/C15H9ClN4/c16-14-10(9-17)6-8-19-15(14)20-13-5-1-4-12-11(13)3-2-7-18-12/h1-8H,(H,19,20). The van der Waals surface area contributed by atoms with Crippen molar-refractivity contribution in [3.8, 4) is 6.07 Å². The lowest BCUT2D eigenvalue weighted by molar-refractivity contribution is 1.29. The topological polar surface area (TPSA) is 61.6 Å². The van der Waals surface area contributed by atoms with E-state index < -0.39 is 0 Å². The molecule has 1 N–H and O–H groups in total. The maximum Gasteiger partial charge on any atom is 0.150 e. The van der Waals surface area contributed by atoms with Crippen molar-refractivity contribution >= 4 is 34.0 Å². The van der Waals surface area contributed by atoms with Gasteiger partial charge >= 0.3 is 0 Å². The number of benzene rings is 1. The van der Waals surface area contributed by atoms with Gasteiger partial charge in [-0.2, -0.15) is 5.26 Å². The number of nitrogens with zero attached hydrogens (tertiary/aromatic N) is 3. The number of nitrogens with one attached hydrogen (secondary N) is 1. The Labute approximate surface area is 120 Å². The molecule has 0 aliphatic carbocycles. The Morgan fingerprint density at radius 1 is 1.05 bits per heavy atom. The van der Waals surface area contributed by atoms with Crippen LogP contribution in [-0.4, -0.2) is 9.97 Å². The summed E-state index contributed by atoms with van der Waals surface area (Å²) in [6, 6.07) is 13.2. The highest BCUT2D eigenvalue weighted by molar-refractivity contribution is 6.34. The number of aromatic nitrogens is 2. The van der Waals surface area contributed by atoms with Crippen LogP contribution in [0.1, 0.15) is 5.56 Å². The van der Waals surface area contributed by atoms with Crippen LogP contribution >= 0.6 is 11.6 Å². The Morgan fingerprint density at radius 3 is 2.80 bits per heavy atom. The normalized spacial score (nSPS) is 10.2. The molecule has 4 nitrogen and oxygen atoms in total. The van der Waals surface area contributed by atoms with E-state index in [1.54, 1.807) is 18.5 Å². The maximum atomic E-state index is 8.98. The zero-order valence-electron chi connectivity index (χ0n) is 10.3. The fourth-order valence-electron chi connectivity index (χ4n) is 1.96. The summed E-state index contributed by atoms with van der Waals surface area (Å²) in [5.74, 6) is 0.460. The minimum Gasteiger partial charge on any atom is -0.338 e. The summed E-state index contributed by atoms with van der Waals surface area (Å²) in [6.45, 7) is 0. The van der Waals surface area contributed by atoms with Crippen molar-refractivity contribution in [3.05, 3.63) is 59.4 Å². The smallest absolute Gasteiger partial charge is 0.150 e. The van der Waals surface area contributed by atoms with Gasteiger partial charge in [-0.1, -0.05) is 17.7 Å². The number of hydrogen-bond donors (Lipinski definition) is 1. The van der Waals surface area contributed by atoms with Gasteiger partial charge in [0.2, 0.25) is 0 Å². The molecule has 0 saturated heterocycles. The van der Waals surface area contributed by atoms with E-state index in [2.05, 4.69) is 15.3 Å². The van der Waals surface area contributed by atoms with Gasteiger partial charge in [-0.3, -0.25) is 4.98 Å². The summed E-state index contributed by atoms with van der Waals surface area (Å²) in [6.07, 6.45) is 3.30. The molecule has 3 aromatic rings. The van der Waals surface area contributed by atoms with E-state index in [0.29, 0.717) is 16.4 Å². The molecule has 5 heteroatoms. The second kappa shape index (κ2) is 5.16. The number of rotatable bonds is 2. The van der Waals surface area contributed by atoms with E-state index in [1.165, 1.54) is 0 Å². The first-order valence-electron chi connectivity index (χ1n) is 5.95. The molecule has 0 amide bonds. The molecular formula is C15H9ClN4. The second-order valence-corrected chi connectivity index (χ2v) is 4.51. The minimum atomic E-state index is 0.316. The van der Waals surface area contributed by atoms with Crippen molar-refractivity contribution in [2.45, 2.75) is 0 Å². The van der Waals surface area contributed by atoms with Gasteiger partial charge < -0.3 is 5.32 Å². The molecule has 0 fully saturated rings. The van der Waals surface area contributed by atoms with Crippen LogP contribution in [0.25, 0.3) is 10.9 Å². The minimum absolute atomic E-state index is 0.316. The molecule has 1 aromatic carbocycles. The lowest BCUT2D eigenvalue weighted by Crippen LogP contribution is -1.97. The molecule has 2 aromatic heterocycles. The van der Waals surface area contributed by atoms with Crippen LogP contribution < -0.4 is 5.32 Å². The fourth-order valence-corrected chi connectivity index (χ4v) is 2.16. The van der Waals surface area contributed by atoms with Gasteiger partial charge in [-0.05, 0) is 30.3 Å². The van der Waals surface area contributed by atoms with Gasteiger partial charge in [-0.25, -0.2) is 4.98 Å². The summed E-state index contributed by atoms with van der Waals surface area (Å²) in [5, 5.41) is 13.4. The van der Waals surface area contributed by atoms with E-state index in [9.17, 15) is 0 Å². The molecule has 0 saturated carbocycles. The van der Waals surface area contributed by atoms with E-state index >= 15 is 0 Å². The van der Waals surface area contributed by atoms with Crippen molar-refractivity contribution in [1.29, 1.82) is 5.26 Å². The van der Waals surface area contributed by atoms with Crippen LogP contribution in [0.15, 0.2) is 48.8 Å². The van der Waals surface area contributed by atoms with E-state index in [0.717, 1.165) is 16.6 Å². The van der Waals surface area contributed by atoms with E-state index in [1.807, 2.05) is 36.4 Å². The molecule has 0 unspecified atom stereocenters. The fraction of sp³-hybridized carbons (Fsp3) is 0. The molecule has 0 spiro atoms. The van der Waals surface area contributed by atoms with Gasteiger partial charge in [0.25, 0.3) is 0 Å². The highest BCUT2D eigenvalue weighted by Gasteiger charge is 2.09. The Kier molecular flexibility index (Phi) is 3.20. The average Bonchev–Trinajstić information content (AvgIpc) is 2.50. The van der Waals surface area contributed by atoms with Gasteiger partial charge in [0, 0.05) is 23.5 Å². The van der Waals surface area contributed by atoms with Gasteiger partial charge in [0.15, 0.2) is 5.82 Å². The van der Waals surface area contributed by atoms with Crippen LogP contribution in [0.2, 0.25) is 5.02 Å². The second-order valence-electron chi connectivity index (χ2n) is 4.13. The SMILES string of the molecule is N#Cc1ccnc(Nc2cccc3ncccc23)c1Cl. The van der Waals surface area contributed by atoms with Gasteiger partial charge in [0.1, 0.15) is 11.1 Å². The Balaban J connectivity index is 2.09. The lowest BCUT2D eigenvalue weighted by Gasteiger charge is -2.10. The molecule has 96 valence electrons. The molecule has 3 rings (SSSR count). The van der Waals surface area contributed by atoms with E-state index in [4.69, 9.17) is 16.9 Å². The van der Waals surface area contributed by atoms with Crippen LogP contribution in [0.4, 0.5) is 11.5 Å². The number of halogens is 1. The van der Waals surface area contributed by atoms with Crippen molar-refractivity contribution in [3.63, 3.8) is 0 Å². The first kappa shape index (κ1) is 12.4. The lowest BCUT2D eigenvalue weighted by atomic mass is 10.2. The molecule has 0 bridgehead atoms. The molecule has 0 aliphatic heterocycles. The van der Waals surface area contributed by atoms with Crippen LogP contribution in [0.3, 0.4) is 0 Å². The highest BCUT2D eigenvalue weighted by atomic mass is 35.5. The molecule has 2 heterocycles. The van der Waals surface area contributed by atoms with Crippen LogP contribution in [-0.2, 0) is 0 Å². The number of fused-ring (bicyclic) bond motifs is 1. The van der Waals surface area contributed by atoms with Crippen LogP contribution in [0, 0.1) is 11.3 Å². The average molecular weight is 281 g/mol. The Bertz CT molecular complexity index is 818. The van der Waals surface area contributed by atoms with Gasteiger partial charge in [-0.15, -0.1) is 0 Å². The summed E-state index contributed by atoms with van der Waals surface area (Å²) in [5.41, 5.74) is 2.12. The predicted octanol–water partition coefficient (Wildman–Crippen LogP) is 3.90. The largest absolute Gasteiger partial charge is 0.338 e. The number of pyridine rings is 2. The van der Waals surface area contributed by atoms with Gasteiger partial charge in [0.05, 0.1) is 11.1 Å². The summed E-state index contributed by atoms with van der Waals surface area (Å²) in [7, 11) is 0. The Morgan fingerprint density at radius 2 is 1.95 bits per heavy atom. The first-order chi connectivity index (χ1) is 9.79. The summed E-state index contributed by atoms with van der Waals surface area (Å²) >= 11 is 6.15. The summed E-state index contributed by atoms with van der Waals surface area (Å²) < 4.78 is 0. The van der Waals surface area contributed by atoms with Crippen molar-refractivity contribution in [2.75, 3.05) is 5.32 Å². The van der Waals surface area contributed by atoms with Crippen molar-refractivity contribution in [1.82, 2.24) is 9.97 Å². The number of hydrogen-bond acceptors (Lipinski definition) is 4. The molecule has 0 radical (unpaired) electrons. The number of nitriles is 1. The Hall–Kier alpha value is -2.64. The predicted molar refractivity (Wildman–Crippen MR) is 79.0 cm³/mol. The van der Waals surface area contributed by atoms with E-state index in [-0.39, 0.29) is 0 Å². The monoisotopic (exact) mass is 280 g/mol. The van der Waals surface area contributed by atoms with Crippen LogP contribution in [0.5, 0.6) is 0 Å². The zero-order chi connectivity index (χ0) is 13.9. The zero-order valence-corrected chi connectivity index (χ0v) is 11.1. The molecule has 0 atom stereocenters. The molecule has 0 aliphatic rings. The third-order valence-electron chi connectivity index (χ3n) is 2.91. The third-order valence-corrected chi connectivity index (χ3v) is 3.29. The van der Waals surface area contributed by atoms with Crippen molar-refractivity contribution < 1.29 is 0 Å². The third kappa shape index (κ3) is 2.15.